The number of rotatable bonds is 5. The Labute approximate surface area is 154 Å². The second-order valence-electron chi connectivity index (χ2n) is 5.78. The number of carboxylic acids is 1. The largest absolute Gasteiger partial charge is 0.495 e. The van der Waals surface area contributed by atoms with Crippen molar-refractivity contribution >= 4 is 40.1 Å². The van der Waals surface area contributed by atoms with Gasteiger partial charge in [-0.1, -0.05) is 29.8 Å². The number of amides is 1. The van der Waals surface area contributed by atoms with Crippen molar-refractivity contribution < 1.29 is 19.4 Å². The molecule has 3 aromatic rings. The summed E-state index contributed by atoms with van der Waals surface area (Å²) in [5, 5.41) is 13.4. The Kier molecular flexibility index (Phi) is 4.86. The maximum Gasteiger partial charge on any atom is 0.352 e. The van der Waals surface area contributed by atoms with Gasteiger partial charge in [-0.3, -0.25) is 4.79 Å². The molecule has 1 amide bonds. The van der Waals surface area contributed by atoms with Crippen LogP contribution in [-0.4, -0.2) is 28.7 Å². The van der Waals surface area contributed by atoms with Crippen LogP contribution in [0.15, 0.2) is 42.5 Å². The molecule has 6 nitrogen and oxygen atoms in total. The number of nitrogens with zero attached hydrogens (tertiary/aromatic N) is 1. The number of aromatic carboxylic acids is 1. The van der Waals surface area contributed by atoms with E-state index < -0.39 is 5.97 Å². The fraction of sp³-hybridized carbons (Fsp3) is 0.158. The van der Waals surface area contributed by atoms with Crippen LogP contribution < -0.4 is 10.1 Å². The van der Waals surface area contributed by atoms with Gasteiger partial charge in [-0.05, 0) is 24.3 Å². The molecular formula is C19H17ClN2O4. The quantitative estimate of drug-likeness (QED) is 0.715. The average molecular weight is 373 g/mol. The Morgan fingerprint density at radius 2 is 1.96 bits per heavy atom. The minimum atomic E-state index is -1.07. The summed E-state index contributed by atoms with van der Waals surface area (Å²) in [4.78, 5) is 24.2. The zero-order chi connectivity index (χ0) is 18.8. The first-order chi connectivity index (χ1) is 12.4. The number of carbonyl (C=O) groups excluding carboxylic acids is 1. The fourth-order valence-electron chi connectivity index (χ4n) is 3.03. The first-order valence-corrected chi connectivity index (χ1v) is 8.23. The van der Waals surface area contributed by atoms with E-state index >= 15 is 0 Å². The molecule has 2 N–H and O–H groups in total. The smallest absolute Gasteiger partial charge is 0.352 e. The molecule has 7 heteroatoms. The molecule has 1 aromatic heterocycles. The van der Waals surface area contributed by atoms with Gasteiger partial charge in [0.25, 0.3) is 0 Å². The molecule has 1 heterocycles. The maximum atomic E-state index is 12.5. The number of carbonyl (C=O) groups is 2. The number of aromatic nitrogens is 1. The molecule has 0 bridgehead atoms. The van der Waals surface area contributed by atoms with Gasteiger partial charge in [0.1, 0.15) is 11.4 Å². The molecule has 0 aliphatic rings. The Morgan fingerprint density at radius 3 is 2.62 bits per heavy atom. The summed E-state index contributed by atoms with van der Waals surface area (Å²) in [6, 6.07) is 12.2. The van der Waals surface area contributed by atoms with Gasteiger partial charge in [0.15, 0.2) is 0 Å². The molecule has 0 aliphatic heterocycles. The van der Waals surface area contributed by atoms with Gasteiger partial charge in [-0.25, -0.2) is 4.79 Å². The van der Waals surface area contributed by atoms with Gasteiger partial charge in [-0.15, -0.1) is 0 Å². The molecule has 3 rings (SSSR count). The molecule has 0 aliphatic carbocycles. The van der Waals surface area contributed by atoms with E-state index in [0.29, 0.717) is 22.0 Å². The summed E-state index contributed by atoms with van der Waals surface area (Å²) in [5.74, 6) is -0.893. The minimum absolute atomic E-state index is 0.0629. The third kappa shape index (κ3) is 3.23. The van der Waals surface area contributed by atoms with Crippen molar-refractivity contribution in [3.8, 4) is 5.75 Å². The number of nitrogens with one attached hydrogen (secondary N) is 1. The molecule has 0 unspecified atom stereocenters. The summed E-state index contributed by atoms with van der Waals surface area (Å²) in [5.41, 5.74) is 1.86. The number of fused-ring (bicyclic) bond motifs is 1. The van der Waals surface area contributed by atoms with Crippen LogP contribution >= 0.6 is 11.6 Å². The van der Waals surface area contributed by atoms with Crippen molar-refractivity contribution in [2.45, 2.75) is 6.42 Å². The zero-order valence-corrected chi connectivity index (χ0v) is 15.0. The van der Waals surface area contributed by atoms with Gasteiger partial charge < -0.3 is 19.7 Å². The van der Waals surface area contributed by atoms with E-state index in [4.69, 9.17) is 16.3 Å². The summed E-state index contributed by atoms with van der Waals surface area (Å²) in [6.45, 7) is 0. The van der Waals surface area contributed by atoms with Gasteiger partial charge in [0, 0.05) is 29.2 Å². The lowest BCUT2D eigenvalue weighted by atomic mass is 10.1. The van der Waals surface area contributed by atoms with Crippen LogP contribution in [0.1, 0.15) is 16.1 Å². The standard InChI is InChI=1S/C19H17ClN2O4/c1-22-15-6-4-3-5-12(15)13(18(22)19(24)25)10-17(23)21-11-7-8-16(26-2)14(20)9-11/h3-9H,10H2,1-2H3,(H,21,23)(H,24,25). The van der Waals surface area contributed by atoms with Gasteiger partial charge in [0.2, 0.25) is 5.91 Å². The highest BCUT2D eigenvalue weighted by Crippen LogP contribution is 2.28. The molecular weight excluding hydrogens is 356 g/mol. The number of hydrogen-bond donors (Lipinski definition) is 2. The van der Waals surface area contributed by atoms with Crippen molar-refractivity contribution in [2.24, 2.45) is 7.05 Å². The number of carboxylic acid groups (broad SMARTS) is 1. The number of benzene rings is 2. The van der Waals surface area contributed by atoms with Crippen LogP contribution in [0.4, 0.5) is 5.69 Å². The van der Waals surface area contributed by atoms with Crippen LogP contribution in [0, 0.1) is 0 Å². The van der Waals surface area contributed by atoms with E-state index in [9.17, 15) is 14.7 Å². The third-order valence-corrected chi connectivity index (χ3v) is 4.48. The lowest BCUT2D eigenvalue weighted by Crippen LogP contribution is -2.17. The number of methoxy groups -OCH3 is 1. The normalized spacial score (nSPS) is 10.7. The highest BCUT2D eigenvalue weighted by atomic mass is 35.5. The molecule has 0 saturated heterocycles. The lowest BCUT2D eigenvalue weighted by molar-refractivity contribution is -0.115. The van der Waals surface area contributed by atoms with E-state index in [1.165, 1.54) is 7.11 Å². The topological polar surface area (TPSA) is 80.6 Å². The molecule has 26 heavy (non-hydrogen) atoms. The van der Waals surface area contributed by atoms with Crippen LogP contribution in [-0.2, 0) is 18.3 Å². The SMILES string of the molecule is COc1ccc(NC(=O)Cc2c(C(=O)O)n(C)c3ccccc23)cc1Cl. The van der Waals surface area contributed by atoms with Crippen LogP contribution in [0.5, 0.6) is 5.75 Å². The Morgan fingerprint density at radius 1 is 1.23 bits per heavy atom. The highest BCUT2D eigenvalue weighted by molar-refractivity contribution is 6.32. The Bertz CT molecular complexity index is 1010. The molecule has 0 radical (unpaired) electrons. The molecule has 0 fully saturated rings. The zero-order valence-electron chi connectivity index (χ0n) is 14.2. The van der Waals surface area contributed by atoms with Crippen molar-refractivity contribution in [3.05, 3.63) is 58.7 Å². The van der Waals surface area contributed by atoms with Gasteiger partial charge >= 0.3 is 5.97 Å². The molecule has 0 atom stereocenters. The summed E-state index contributed by atoms with van der Waals surface area (Å²) in [7, 11) is 3.18. The minimum Gasteiger partial charge on any atom is -0.495 e. The van der Waals surface area contributed by atoms with Crippen molar-refractivity contribution in [1.29, 1.82) is 0 Å². The van der Waals surface area contributed by atoms with Crippen LogP contribution in [0.25, 0.3) is 10.9 Å². The molecule has 0 saturated carbocycles. The Hall–Kier alpha value is -2.99. The van der Waals surface area contributed by atoms with Crippen molar-refractivity contribution in [1.82, 2.24) is 4.57 Å². The summed E-state index contributed by atoms with van der Waals surface area (Å²) < 4.78 is 6.67. The number of hydrogen-bond acceptors (Lipinski definition) is 3. The first-order valence-electron chi connectivity index (χ1n) is 7.85. The fourth-order valence-corrected chi connectivity index (χ4v) is 3.29. The molecule has 0 spiro atoms. The number of aryl methyl sites for hydroxylation is 1. The van der Waals surface area contributed by atoms with Crippen molar-refractivity contribution in [2.75, 3.05) is 12.4 Å². The van der Waals surface area contributed by atoms with E-state index in [-0.39, 0.29) is 18.0 Å². The van der Waals surface area contributed by atoms with E-state index in [1.54, 1.807) is 29.8 Å². The number of para-hydroxylation sites is 1. The van der Waals surface area contributed by atoms with E-state index in [2.05, 4.69) is 5.32 Å². The second-order valence-corrected chi connectivity index (χ2v) is 6.19. The first kappa shape index (κ1) is 17.8. The number of anilines is 1. The Balaban J connectivity index is 1.91. The van der Waals surface area contributed by atoms with Gasteiger partial charge in [-0.2, -0.15) is 0 Å². The number of ether oxygens (including phenoxy) is 1. The van der Waals surface area contributed by atoms with Crippen molar-refractivity contribution in [3.63, 3.8) is 0 Å². The van der Waals surface area contributed by atoms with Gasteiger partial charge in [0.05, 0.1) is 18.6 Å². The molecule has 134 valence electrons. The van der Waals surface area contributed by atoms with E-state index in [0.717, 1.165) is 10.9 Å². The predicted octanol–water partition coefficient (Wildman–Crippen LogP) is 3.72. The molecule has 2 aromatic carbocycles. The average Bonchev–Trinajstić information content (AvgIpc) is 2.88. The highest BCUT2D eigenvalue weighted by Gasteiger charge is 2.22. The summed E-state index contributed by atoms with van der Waals surface area (Å²) in [6.07, 6.45) is -0.0629. The van der Waals surface area contributed by atoms with E-state index in [1.807, 2.05) is 24.3 Å². The monoisotopic (exact) mass is 372 g/mol. The predicted molar refractivity (Wildman–Crippen MR) is 100 cm³/mol. The third-order valence-electron chi connectivity index (χ3n) is 4.19. The van der Waals surface area contributed by atoms with Crippen LogP contribution in [0.3, 0.4) is 0 Å². The lowest BCUT2D eigenvalue weighted by Gasteiger charge is -2.08. The maximum absolute atomic E-state index is 12.5. The summed E-state index contributed by atoms with van der Waals surface area (Å²) >= 11 is 6.06. The number of halogens is 1. The van der Waals surface area contributed by atoms with Crippen LogP contribution in [0.2, 0.25) is 5.02 Å². The second kappa shape index (κ2) is 7.09.